The molecule has 4 atom stereocenters. The van der Waals surface area contributed by atoms with E-state index in [1.807, 2.05) is 27.7 Å². The summed E-state index contributed by atoms with van der Waals surface area (Å²) >= 11 is 0. The molecule has 56 heavy (non-hydrogen) atoms. The summed E-state index contributed by atoms with van der Waals surface area (Å²) in [6, 6.07) is 9.80. The van der Waals surface area contributed by atoms with Crippen molar-refractivity contribution in [2.45, 2.75) is 75.0 Å². The summed E-state index contributed by atoms with van der Waals surface area (Å²) in [6.07, 6.45) is 15.3. The molecule has 2 spiro atoms. The van der Waals surface area contributed by atoms with E-state index < -0.39 is 53.6 Å². The molecule has 3 fully saturated rings. The maximum atomic E-state index is 13.4. The van der Waals surface area contributed by atoms with Crippen molar-refractivity contribution in [2.75, 3.05) is 13.1 Å². The Morgan fingerprint density at radius 1 is 0.661 bits per heavy atom. The molecule has 5 aliphatic rings. The number of rotatable bonds is 8. The summed E-state index contributed by atoms with van der Waals surface area (Å²) < 4.78 is 74.4. The van der Waals surface area contributed by atoms with Crippen molar-refractivity contribution in [1.29, 1.82) is 0 Å². The van der Waals surface area contributed by atoms with Crippen LogP contribution in [0, 0.1) is 0 Å². The van der Waals surface area contributed by atoms with Crippen LogP contribution in [0.5, 0.6) is 0 Å². The first kappa shape index (κ1) is 39.5. The Labute approximate surface area is 326 Å². The fourth-order valence-corrected chi connectivity index (χ4v) is 12.1. The number of allylic oxidation sites excluding steroid dienone is 12. The van der Waals surface area contributed by atoms with Crippen LogP contribution < -0.4 is 20.4 Å². The van der Waals surface area contributed by atoms with E-state index in [2.05, 4.69) is 0 Å². The highest BCUT2D eigenvalue weighted by molar-refractivity contribution is 7.86. The van der Waals surface area contributed by atoms with Gasteiger partial charge in [0.25, 0.3) is 0 Å². The maximum absolute atomic E-state index is 13.4. The number of nitrogens with zero attached hydrogens (tertiary/aromatic N) is 2. The predicted octanol–water partition coefficient (Wildman–Crippen LogP) is 4.43. The number of Topliss-reactive ketones (excluding diaryl/α,β-unsaturated/α-hetero) is 1. The number of amides is 2. The van der Waals surface area contributed by atoms with Crippen molar-refractivity contribution in [3.63, 3.8) is 0 Å². The van der Waals surface area contributed by atoms with E-state index in [-0.39, 0.29) is 38.7 Å². The minimum absolute atomic E-state index is 0.132. The SMILES string of the molecule is CC1(C)C(=CC=CC=C2CCC(=CC=CC=C3C(C)(C)c4cc(C(N)=O)ccc4[N+]34CCC4S(=O)(=O)[O-])C2=O)[N+]2(CCC2S(=O)(=O)[O-])c2ccc(C(N)=O)cc21. The van der Waals surface area contributed by atoms with Gasteiger partial charge < -0.3 is 20.6 Å². The second kappa shape index (κ2) is 13.1. The van der Waals surface area contributed by atoms with Crippen LogP contribution in [-0.4, -0.2) is 67.4 Å². The van der Waals surface area contributed by atoms with Crippen LogP contribution in [0.2, 0.25) is 0 Å². The standard InChI is InChI=1S/C41H44N4O9S2/c1-40(2)29-23-27(38(42)47)15-17-31(29)44(21-19-35(44)55(49,50)51)33(40)11-7-5-9-25-13-14-26(37(25)46)10-6-8-12-34-41(3,4)30-24-28(39(43)48)16-18-32(30)45(34)22-20-36(45)56(52,53)54/h5-12,15-18,23-24,35-36H,13-14,19-22H2,1-4H3,(H4-2,42,43,47,48,49,50,51,52,53,54). The quantitative estimate of drug-likeness (QED) is 0.219. The van der Waals surface area contributed by atoms with Crippen molar-refractivity contribution in [2.24, 2.45) is 11.5 Å². The smallest absolute Gasteiger partial charge is 0.248 e. The van der Waals surface area contributed by atoms with E-state index in [4.69, 9.17) is 11.5 Å². The van der Waals surface area contributed by atoms with Crippen molar-refractivity contribution >= 4 is 49.2 Å². The van der Waals surface area contributed by atoms with Crippen LogP contribution in [0.25, 0.3) is 0 Å². The average Bonchev–Trinajstić information content (AvgIpc) is 3.60. The molecule has 15 heteroatoms. The maximum Gasteiger partial charge on any atom is 0.248 e. The highest BCUT2D eigenvalue weighted by Crippen LogP contribution is 2.60. The first-order chi connectivity index (χ1) is 26.1. The third kappa shape index (κ3) is 5.82. The molecule has 7 rings (SSSR count). The van der Waals surface area contributed by atoms with Crippen LogP contribution >= 0.6 is 0 Å². The molecule has 2 saturated heterocycles. The van der Waals surface area contributed by atoms with Crippen molar-refractivity contribution < 1.29 is 40.3 Å². The molecule has 0 radical (unpaired) electrons. The van der Waals surface area contributed by atoms with Gasteiger partial charge in [-0.3, -0.25) is 14.4 Å². The van der Waals surface area contributed by atoms with Gasteiger partial charge in [0.2, 0.25) is 11.8 Å². The number of carbonyl (C=O) groups is 3. The lowest BCUT2D eigenvalue weighted by molar-refractivity contribution is -0.111. The summed E-state index contributed by atoms with van der Waals surface area (Å²) in [7, 11) is -9.35. The first-order valence-corrected chi connectivity index (χ1v) is 21.3. The zero-order valence-corrected chi connectivity index (χ0v) is 33.2. The van der Waals surface area contributed by atoms with Crippen LogP contribution in [-0.2, 0) is 35.9 Å². The van der Waals surface area contributed by atoms with Gasteiger partial charge in [0.05, 0.1) is 36.8 Å². The van der Waals surface area contributed by atoms with Crippen LogP contribution in [0.15, 0.2) is 108 Å². The van der Waals surface area contributed by atoms with Gasteiger partial charge in [0.15, 0.2) is 36.8 Å². The Hall–Kier alpha value is -4.77. The number of benzene rings is 2. The first-order valence-electron chi connectivity index (χ1n) is 18.4. The number of hydrogen-bond acceptors (Lipinski definition) is 9. The molecule has 4 N–H and O–H groups in total. The second-order valence-corrected chi connectivity index (χ2v) is 19.2. The molecular formula is C41H44N4O9S2. The number of nitrogens with two attached hydrogens (primary N) is 2. The van der Waals surface area contributed by atoms with E-state index in [0.29, 0.717) is 59.8 Å². The normalized spacial score (nSPS) is 30.6. The van der Waals surface area contributed by atoms with E-state index >= 15 is 0 Å². The molecule has 1 aliphatic carbocycles. The zero-order valence-electron chi connectivity index (χ0n) is 31.5. The lowest BCUT2D eigenvalue weighted by Crippen LogP contribution is -2.68. The largest absolute Gasteiger partial charge is 0.743 e. The number of primary amides is 2. The minimum Gasteiger partial charge on any atom is -0.743 e. The molecule has 13 nitrogen and oxygen atoms in total. The molecule has 2 amide bonds. The second-order valence-electron chi connectivity index (χ2n) is 16.2. The molecule has 1 saturated carbocycles. The van der Waals surface area contributed by atoms with Gasteiger partial charge in [-0.15, -0.1) is 0 Å². The van der Waals surface area contributed by atoms with Gasteiger partial charge >= 0.3 is 0 Å². The van der Waals surface area contributed by atoms with Gasteiger partial charge in [-0.05, 0) is 77.0 Å². The molecule has 0 aromatic heterocycles. The summed E-state index contributed by atoms with van der Waals surface area (Å²) in [5, 5.41) is -2.42. The molecule has 294 valence electrons. The fourth-order valence-electron chi connectivity index (χ4n) is 9.77. The number of hydrogen-bond donors (Lipinski definition) is 2. The van der Waals surface area contributed by atoms with Crippen LogP contribution in [0.3, 0.4) is 0 Å². The highest BCUT2D eigenvalue weighted by atomic mass is 32.2. The zero-order chi connectivity index (χ0) is 40.8. The lowest BCUT2D eigenvalue weighted by Gasteiger charge is -2.51. The molecule has 4 unspecified atom stereocenters. The van der Waals surface area contributed by atoms with Gasteiger partial charge in [-0.1, -0.05) is 36.5 Å². The molecular weight excluding hydrogens is 757 g/mol. The van der Waals surface area contributed by atoms with E-state index in [9.17, 15) is 40.3 Å². The Morgan fingerprint density at radius 3 is 1.32 bits per heavy atom. The third-order valence-electron chi connectivity index (χ3n) is 12.6. The Bertz CT molecular complexity index is 2370. The highest BCUT2D eigenvalue weighted by Gasteiger charge is 2.65. The Balaban J connectivity index is 1.14. The number of carbonyl (C=O) groups excluding carboxylic acids is 3. The Morgan fingerprint density at radius 2 is 1.02 bits per heavy atom. The summed E-state index contributed by atoms with van der Waals surface area (Å²) in [5.41, 5.74) is 15.4. The van der Waals surface area contributed by atoms with Gasteiger partial charge in [-0.2, -0.15) is 0 Å². The number of fused-ring (bicyclic) bond motifs is 4. The molecule has 4 aliphatic heterocycles. The van der Waals surface area contributed by atoms with Gasteiger partial charge in [0, 0.05) is 45.5 Å². The van der Waals surface area contributed by atoms with Crippen LogP contribution in [0.4, 0.5) is 11.4 Å². The van der Waals surface area contributed by atoms with Gasteiger partial charge in [-0.25, -0.2) is 25.8 Å². The van der Waals surface area contributed by atoms with Crippen LogP contribution in [0.1, 0.15) is 85.2 Å². The summed E-state index contributed by atoms with van der Waals surface area (Å²) in [5.74, 6) is -1.36. The lowest BCUT2D eigenvalue weighted by atomic mass is 9.82. The summed E-state index contributed by atoms with van der Waals surface area (Å²) in [6.45, 7) is 8.45. The monoisotopic (exact) mass is 800 g/mol. The van der Waals surface area contributed by atoms with Crippen molar-refractivity contribution in [3.8, 4) is 0 Å². The molecule has 2 aromatic rings. The van der Waals surface area contributed by atoms with Crippen molar-refractivity contribution in [3.05, 3.63) is 130 Å². The fraction of sp³-hybridized carbons (Fsp3) is 0.341. The number of ketones is 1. The van der Waals surface area contributed by atoms with Crippen molar-refractivity contribution in [1.82, 2.24) is 8.97 Å². The topological polar surface area (TPSA) is 218 Å². The molecule has 2 aromatic carbocycles. The van der Waals surface area contributed by atoms with E-state index in [1.165, 1.54) is 0 Å². The molecule has 4 heterocycles. The molecule has 0 bridgehead atoms. The van der Waals surface area contributed by atoms with E-state index in [1.54, 1.807) is 85.0 Å². The minimum atomic E-state index is -4.68. The number of quaternary nitrogens is 2. The van der Waals surface area contributed by atoms with Gasteiger partial charge in [0.1, 0.15) is 22.8 Å². The predicted molar refractivity (Wildman–Crippen MR) is 210 cm³/mol. The average molecular weight is 801 g/mol. The third-order valence-corrected chi connectivity index (χ3v) is 15.1. The Kier molecular flexibility index (Phi) is 9.26. The summed E-state index contributed by atoms with van der Waals surface area (Å²) in [4.78, 5) is 37.4. The van der Waals surface area contributed by atoms with E-state index in [0.717, 1.165) is 11.1 Å².